The van der Waals surface area contributed by atoms with E-state index < -0.39 is 0 Å². The maximum absolute atomic E-state index is 10.7. The molecule has 1 nitrogen and oxygen atoms in total. The Morgan fingerprint density at radius 3 is 2.33 bits per heavy atom. The summed E-state index contributed by atoms with van der Waals surface area (Å²) >= 11 is 7.15. The molecular weight excluding hydrogens is 356 g/mol. The van der Waals surface area contributed by atoms with Crippen molar-refractivity contribution in [2.75, 3.05) is 0 Å². The molecule has 0 heterocycles. The van der Waals surface area contributed by atoms with Crippen LogP contribution in [0.15, 0.2) is 21.1 Å². The number of aliphatic hydroxyl groups is 1. The largest absolute Gasteiger partial charge is 0.388 e. The molecule has 1 atom stereocenters. The smallest absolute Gasteiger partial charge is 0.0854 e. The van der Waals surface area contributed by atoms with Crippen molar-refractivity contribution in [3.63, 3.8) is 0 Å². The predicted molar refractivity (Wildman–Crippen MR) is 82.7 cm³/mol. The molecule has 1 saturated carbocycles. The number of benzene rings is 1. The van der Waals surface area contributed by atoms with E-state index in [1.54, 1.807) is 0 Å². The Hall–Kier alpha value is 0.140. The standard InChI is InChI=1S/C15H20Br2O/c1-10-8-13(17)11(9-12(10)16)14(18)15(2)6-4-3-5-7-15/h8-9,14,18H,3-7H2,1-2H3. The first kappa shape index (κ1) is 14.5. The van der Waals surface area contributed by atoms with E-state index in [9.17, 15) is 5.11 Å². The van der Waals surface area contributed by atoms with Crippen LogP contribution in [0.3, 0.4) is 0 Å². The molecule has 2 rings (SSSR count). The Morgan fingerprint density at radius 1 is 1.11 bits per heavy atom. The van der Waals surface area contributed by atoms with Crippen LogP contribution in [0.2, 0.25) is 0 Å². The molecule has 0 amide bonds. The van der Waals surface area contributed by atoms with Gasteiger partial charge in [-0.05, 0) is 48.4 Å². The topological polar surface area (TPSA) is 20.2 Å². The summed E-state index contributed by atoms with van der Waals surface area (Å²) in [6, 6.07) is 4.14. The van der Waals surface area contributed by atoms with Crippen molar-refractivity contribution >= 4 is 31.9 Å². The van der Waals surface area contributed by atoms with Gasteiger partial charge in [0.2, 0.25) is 0 Å². The second-order valence-electron chi connectivity index (χ2n) is 5.74. The van der Waals surface area contributed by atoms with E-state index in [1.165, 1.54) is 24.8 Å². The number of aliphatic hydroxyl groups excluding tert-OH is 1. The Kier molecular flexibility index (Phi) is 4.56. The van der Waals surface area contributed by atoms with Crippen LogP contribution in [0, 0.1) is 12.3 Å². The summed E-state index contributed by atoms with van der Waals surface area (Å²) in [5.74, 6) is 0. The highest BCUT2D eigenvalue weighted by molar-refractivity contribution is 9.11. The van der Waals surface area contributed by atoms with Gasteiger partial charge in [0.15, 0.2) is 0 Å². The zero-order valence-corrected chi connectivity index (χ0v) is 14.1. The second-order valence-corrected chi connectivity index (χ2v) is 7.45. The van der Waals surface area contributed by atoms with Crippen LogP contribution in [0.1, 0.15) is 56.3 Å². The number of aryl methyl sites for hydroxylation is 1. The van der Waals surface area contributed by atoms with Gasteiger partial charge in [0.25, 0.3) is 0 Å². The monoisotopic (exact) mass is 374 g/mol. The summed E-state index contributed by atoms with van der Waals surface area (Å²) in [5, 5.41) is 10.7. The maximum atomic E-state index is 10.7. The van der Waals surface area contributed by atoms with Crippen molar-refractivity contribution in [1.29, 1.82) is 0 Å². The fourth-order valence-electron chi connectivity index (χ4n) is 2.88. The minimum absolute atomic E-state index is 0.0233. The van der Waals surface area contributed by atoms with Gasteiger partial charge in [-0.25, -0.2) is 0 Å². The molecule has 0 saturated heterocycles. The fourth-order valence-corrected chi connectivity index (χ4v) is 3.92. The lowest BCUT2D eigenvalue weighted by Crippen LogP contribution is -2.28. The van der Waals surface area contributed by atoms with E-state index in [2.05, 4.69) is 57.8 Å². The van der Waals surface area contributed by atoms with E-state index >= 15 is 0 Å². The fraction of sp³-hybridized carbons (Fsp3) is 0.600. The minimum Gasteiger partial charge on any atom is -0.388 e. The summed E-state index contributed by atoms with van der Waals surface area (Å²) in [6.07, 6.45) is 5.62. The molecule has 1 aromatic carbocycles. The Morgan fingerprint density at radius 2 is 1.72 bits per heavy atom. The highest BCUT2D eigenvalue weighted by atomic mass is 79.9. The molecule has 1 fully saturated rings. The van der Waals surface area contributed by atoms with Crippen molar-refractivity contribution in [2.45, 2.75) is 52.1 Å². The zero-order valence-electron chi connectivity index (χ0n) is 11.0. The van der Waals surface area contributed by atoms with Gasteiger partial charge in [0.1, 0.15) is 0 Å². The average Bonchev–Trinajstić information content (AvgIpc) is 2.34. The summed E-state index contributed by atoms with van der Waals surface area (Å²) in [7, 11) is 0. The van der Waals surface area contributed by atoms with E-state index in [0.29, 0.717) is 0 Å². The van der Waals surface area contributed by atoms with Crippen LogP contribution >= 0.6 is 31.9 Å². The highest BCUT2D eigenvalue weighted by Crippen LogP contribution is 2.47. The third-order valence-corrected chi connectivity index (χ3v) is 5.77. The molecule has 0 aliphatic heterocycles. The summed E-state index contributed by atoms with van der Waals surface area (Å²) in [4.78, 5) is 0. The lowest BCUT2D eigenvalue weighted by molar-refractivity contribution is 0.00766. The van der Waals surface area contributed by atoms with Crippen LogP contribution in [-0.4, -0.2) is 5.11 Å². The van der Waals surface area contributed by atoms with Gasteiger partial charge in [-0.1, -0.05) is 58.0 Å². The molecule has 1 aromatic rings. The molecule has 0 radical (unpaired) electrons. The van der Waals surface area contributed by atoms with Gasteiger partial charge in [0.05, 0.1) is 6.10 Å². The molecule has 0 aromatic heterocycles. The Bertz CT molecular complexity index is 436. The van der Waals surface area contributed by atoms with Crippen molar-refractivity contribution in [3.8, 4) is 0 Å². The lowest BCUT2D eigenvalue weighted by Gasteiger charge is -2.38. The molecule has 18 heavy (non-hydrogen) atoms. The van der Waals surface area contributed by atoms with E-state index in [-0.39, 0.29) is 11.5 Å². The van der Waals surface area contributed by atoms with E-state index in [1.807, 2.05) is 0 Å². The molecule has 1 aliphatic rings. The predicted octanol–water partition coefficient (Wildman–Crippen LogP) is 5.52. The SMILES string of the molecule is Cc1cc(Br)c(C(O)C2(C)CCCCC2)cc1Br. The van der Waals surface area contributed by atoms with Crippen LogP contribution in [0.5, 0.6) is 0 Å². The third kappa shape index (κ3) is 2.83. The first-order chi connectivity index (χ1) is 8.44. The highest BCUT2D eigenvalue weighted by Gasteiger charge is 2.36. The lowest BCUT2D eigenvalue weighted by atomic mass is 9.70. The minimum atomic E-state index is -0.385. The normalized spacial score (nSPS) is 20.7. The second kappa shape index (κ2) is 5.64. The maximum Gasteiger partial charge on any atom is 0.0854 e. The van der Waals surface area contributed by atoms with E-state index in [4.69, 9.17) is 0 Å². The molecule has 0 bridgehead atoms. The van der Waals surface area contributed by atoms with Crippen LogP contribution in [-0.2, 0) is 0 Å². The van der Waals surface area contributed by atoms with Crippen LogP contribution in [0.4, 0.5) is 0 Å². The van der Waals surface area contributed by atoms with Crippen LogP contribution < -0.4 is 0 Å². The van der Waals surface area contributed by atoms with Gasteiger partial charge < -0.3 is 5.11 Å². The molecule has 1 unspecified atom stereocenters. The van der Waals surface area contributed by atoms with Crippen LogP contribution in [0.25, 0.3) is 0 Å². The van der Waals surface area contributed by atoms with E-state index in [0.717, 1.165) is 27.4 Å². The first-order valence-electron chi connectivity index (χ1n) is 6.58. The van der Waals surface area contributed by atoms with Gasteiger partial charge in [-0.15, -0.1) is 0 Å². The van der Waals surface area contributed by atoms with Gasteiger partial charge >= 0.3 is 0 Å². The summed E-state index contributed by atoms with van der Waals surface area (Å²) in [6.45, 7) is 4.28. The molecule has 1 aliphatic carbocycles. The average molecular weight is 376 g/mol. The van der Waals surface area contributed by atoms with Crippen molar-refractivity contribution < 1.29 is 5.11 Å². The molecule has 1 N–H and O–H groups in total. The zero-order chi connectivity index (χ0) is 13.3. The number of hydrogen-bond acceptors (Lipinski definition) is 1. The summed E-state index contributed by atoms with van der Waals surface area (Å²) in [5.41, 5.74) is 2.22. The van der Waals surface area contributed by atoms with Crippen molar-refractivity contribution in [3.05, 3.63) is 32.2 Å². The Labute approximate surface area is 126 Å². The van der Waals surface area contributed by atoms with Gasteiger partial charge in [-0.3, -0.25) is 0 Å². The quantitative estimate of drug-likeness (QED) is 0.720. The van der Waals surface area contributed by atoms with Gasteiger partial charge in [-0.2, -0.15) is 0 Å². The van der Waals surface area contributed by atoms with Crippen molar-refractivity contribution in [2.24, 2.45) is 5.41 Å². The molecule has 3 heteroatoms. The van der Waals surface area contributed by atoms with Gasteiger partial charge in [0, 0.05) is 8.95 Å². The molecule has 0 spiro atoms. The number of hydrogen-bond donors (Lipinski definition) is 1. The number of rotatable bonds is 2. The first-order valence-corrected chi connectivity index (χ1v) is 8.16. The molecular formula is C15H20Br2O. The third-order valence-electron chi connectivity index (χ3n) is 4.23. The molecule has 100 valence electrons. The Balaban J connectivity index is 2.33. The number of halogens is 2. The summed E-state index contributed by atoms with van der Waals surface area (Å²) < 4.78 is 2.08. The van der Waals surface area contributed by atoms with Crippen molar-refractivity contribution in [1.82, 2.24) is 0 Å².